The van der Waals surface area contributed by atoms with Crippen molar-refractivity contribution in [1.82, 2.24) is 9.88 Å². The zero-order chi connectivity index (χ0) is 14.9. The number of hydrogen-bond acceptors (Lipinski definition) is 3. The maximum absolute atomic E-state index is 5.51. The van der Waals surface area contributed by atoms with E-state index in [4.69, 9.17) is 4.74 Å². The Balaban J connectivity index is 1.35. The minimum atomic E-state index is 0.766. The molecule has 0 aromatic carbocycles. The van der Waals surface area contributed by atoms with E-state index in [0.29, 0.717) is 0 Å². The normalized spacial score (nSPS) is 29.9. The molecule has 0 N–H and O–H groups in total. The van der Waals surface area contributed by atoms with Gasteiger partial charge in [-0.2, -0.15) is 0 Å². The highest BCUT2D eigenvalue weighted by Gasteiger charge is 2.32. The topological polar surface area (TPSA) is 25.4 Å². The van der Waals surface area contributed by atoms with Crippen LogP contribution in [0.25, 0.3) is 0 Å². The molecule has 22 heavy (non-hydrogen) atoms. The molecule has 4 rings (SSSR count). The highest BCUT2D eigenvalue weighted by molar-refractivity contribution is 5.34. The van der Waals surface area contributed by atoms with Crippen LogP contribution in [0.2, 0.25) is 0 Å². The Morgan fingerprint density at radius 1 is 1.23 bits per heavy atom. The van der Waals surface area contributed by atoms with Gasteiger partial charge in [-0.05, 0) is 81.0 Å². The van der Waals surface area contributed by atoms with E-state index in [1.807, 2.05) is 0 Å². The van der Waals surface area contributed by atoms with Crippen LogP contribution < -0.4 is 0 Å². The SMILES string of the molecule is Cc1cc2c(cn1)C(C[C@@H]1CCN(C3CCOCC3)C1)CC2. The molecular formula is C19H28N2O. The Labute approximate surface area is 134 Å². The Hall–Kier alpha value is -0.930. The molecule has 1 aromatic rings. The standard InChI is InChI=1S/C19H28N2O/c1-14-10-16-2-3-17(19(16)12-20-14)11-15-4-7-21(13-15)18-5-8-22-9-6-18/h10,12,15,17-18H,2-9,11,13H2,1H3/t15-,17?/m0/s1. The number of fused-ring (bicyclic) bond motifs is 1. The Bertz CT molecular complexity index is 524. The molecule has 0 bridgehead atoms. The zero-order valence-electron chi connectivity index (χ0n) is 13.8. The lowest BCUT2D eigenvalue weighted by Gasteiger charge is -2.31. The van der Waals surface area contributed by atoms with Crippen LogP contribution in [0.3, 0.4) is 0 Å². The van der Waals surface area contributed by atoms with Crippen LogP contribution in [0.5, 0.6) is 0 Å². The van der Waals surface area contributed by atoms with Gasteiger partial charge in [0.1, 0.15) is 0 Å². The maximum atomic E-state index is 5.51. The van der Waals surface area contributed by atoms with Crippen molar-refractivity contribution < 1.29 is 4.74 Å². The smallest absolute Gasteiger partial charge is 0.0480 e. The number of pyridine rings is 1. The second-order valence-corrected chi connectivity index (χ2v) is 7.49. The summed E-state index contributed by atoms with van der Waals surface area (Å²) in [6.07, 6.45) is 10.0. The third-order valence-electron chi connectivity index (χ3n) is 6.01. The molecule has 3 nitrogen and oxygen atoms in total. The number of likely N-dealkylation sites (tertiary alicyclic amines) is 1. The van der Waals surface area contributed by atoms with Crippen molar-refractivity contribution in [1.29, 1.82) is 0 Å². The summed E-state index contributed by atoms with van der Waals surface area (Å²) in [5.41, 5.74) is 4.29. The summed E-state index contributed by atoms with van der Waals surface area (Å²) in [4.78, 5) is 7.29. The molecule has 0 amide bonds. The third-order valence-corrected chi connectivity index (χ3v) is 6.01. The molecular weight excluding hydrogens is 272 g/mol. The van der Waals surface area contributed by atoms with E-state index in [1.54, 1.807) is 11.1 Å². The summed E-state index contributed by atoms with van der Waals surface area (Å²) >= 11 is 0. The van der Waals surface area contributed by atoms with Gasteiger partial charge in [-0.15, -0.1) is 0 Å². The molecule has 0 saturated carbocycles. The molecule has 0 radical (unpaired) electrons. The van der Waals surface area contributed by atoms with E-state index in [0.717, 1.165) is 31.1 Å². The van der Waals surface area contributed by atoms with Crippen LogP contribution in [0.1, 0.15) is 54.8 Å². The average Bonchev–Trinajstić information content (AvgIpc) is 3.16. The van der Waals surface area contributed by atoms with Gasteiger partial charge in [0.05, 0.1) is 0 Å². The summed E-state index contributed by atoms with van der Waals surface area (Å²) in [6.45, 7) is 6.66. The molecule has 2 fully saturated rings. The molecule has 1 unspecified atom stereocenters. The first kappa shape index (κ1) is 14.6. The monoisotopic (exact) mass is 300 g/mol. The van der Waals surface area contributed by atoms with Crippen LogP contribution in [0.15, 0.2) is 12.3 Å². The van der Waals surface area contributed by atoms with Crippen molar-refractivity contribution in [3.8, 4) is 0 Å². The summed E-state index contributed by atoms with van der Waals surface area (Å²) in [5.74, 6) is 1.66. The lowest BCUT2D eigenvalue weighted by Crippen LogP contribution is -2.37. The Morgan fingerprint density at radius 3 is 2.95 bits per heavy atom. The van der Waals surface area contributed by atoms with E-state index >= 15 is 0 Å². The molecule has 3 heterocycles. The first-order valence-electron chi connectivity index (χ1n) is 9.07. The van der Waals surface area contributed by atoms with E-state index in [1.165, 1.54) is 57.3 Å². The van der Waals surface area contributed by atoms with Gasteiger partial charge >= 0.3 is 0 Å². The number of hydrogen-bond donors (Lipinski definition) is 0. The van der Waals surface area contributed by atoms with E-state index in [-0.39, 0.29) is 0 Å². The Kier molecular flexibility index (Phi) is 4.19. The van der Waals surface area contributed by atoms with E-state index in [9.17, 15) is 0 Å². The molecule has 2 atom stereocenters. The van der Waals surface area contributed by atoms with Gasteiger partial charge in [0.2, 0.25) is 0 Å². The van der Waals surface area contributed by atoms with Crippen LogP contribution >= 0.6 is 0 Å². The molecule has 0 spiro atoms. The van der Waals surface area contributed by atoms with E-state index < -0.39 is 0 Å². The fourth-order valence-corrected chi connectivity index (χ4v) is 4.78. The van der Waals surface area contributed by atoms with Crippen molar-refractivity contribution in [3.05, 3.63) is 29.1 Å². The van der Waals surface area contributed by atoms with Crippen molar-refractivity contribution in [3.63, 3.8) is 0 Å². The summed E-state index contributed by atoms with van der Waals surface area (Å²) < 4.78 is 5.51. The van der Waals surface area contributed by atoms with Crippen molar-refractivity contribution in [2.45, 2.75) is 57.4 Å². The second-order valence-electron chi connectivity index (χ2n) is 7.49. The van der Waals surface area contributed by atoms with Gasteiger partial charge in [0.25, 0.3) is 0 Å². The first-order valence-corrected chi connectivity index (χ1v) is 9.07. The summed E-state index contributed by atoms with van der Waals surface area (Å²) in [6, 6.07) is 3.09. The lowest BCUT2D eigenvalue weighted by atomic mass is 9.90. The largest absolute Gasteiger partial charge is 0.381 e. The van der Waals surface area contributed by atoms with Crippen molar-refractivity contribution in [2.24, 2.45) is 5.92 Å². The molecule has 120 valence electrons. The number of aromatic nitrogens is 1. The molecule has 3 heteroatoms. The summed E-state index contributed by atoms with van der Waals surface area (Å²) in [5, 5.41) is 0. The fourth-order valence-electron chi connectivity index (χ4n) is 4.78. The molecule has 1 aliphatic carbocycles. The first-order chi connectivity index (χ1) is 10.8. The van der Waals surface area contributed by atoms with E-state index in [2.05, 4.69) is 29.1 Å². The minimum absolute atomic E-state index is 0.766. The highest BCUT2D eigenvalue weighted by atomic mass is 16.5. The number of ether oxygens (including phenoxy) is 1. The summed E-state index contributed by atoms with van der Waals surface area (Å²) in [7, 11) is 0. The number of rotatable bonds is 3. The van der Waals surface area contributed by atoms with Crippen LogP contribution in [-0.4, -0.2) is 42.2 Å². The van der Waals surface area contributed by atoms with Gasteiger partial charge in [-0.3, -0.25) is 9.88 Å². The van der Waals surface area contributed by atoms with Gasteiger partial charge < -0.3 is 4.74 Å². The lowest BCUT2D eigenvalue weighted by molar-refractivity contribution is 0.0409. The van der Waals surface area contributed by atoms with Crippen LogP contribution in [0.4, 0.5) is 0 Å². The van der Waals surface area contributed by atoms with Gasteiger partial charge in [-0.1, -0.05) is 0 Å². The molecule has 1 aromatic heterocycles. The van der Waals surface area contributed by atoms with Crippen molar-refractivity contribution >= 4 is 0 Å². The van der Waals surface area contributed by atoms with Gasteiger partial charge in [-0.25, -0.2) is 0 Å². The highest BCUT2D eigenvalue weighted by Crippen LogP contribution is 2.39. The van der Waals surface area contributed by atoms with Crippen molar-refractivity contribution in [2.75, 3.05) is 26.3 Å². The predicted octanol–water partition coefficient (Wildman–Crippen LogP) is 3.31. The number of aryl methyl sites for hydroxylation is 2. The quantitative estimate of drug-likeness (QED) is 0.856. The van der Waals surface area contributed by atoms with Gasteiger partial charge in [0, 0.05) is 37.7 Å². The second kappa shape index (κ2) is 6.29. The number of nitrogens with zero attached hydrogens (tertiary/aromatic N) is 2. The minimum Gasteiger partial charge on any atom is -0.381 e. The fraction of sp³-hybridized carbons (Fsp3) is 0.737. The van der Waals surface area contributed by atoms with Crippen LogP contribution in [0, 0.1) is 12.8 Å². The third kappa shape index (κ3) is 2.93. The average molecular weight is 300 g/mol. The maximum Gasteiger partial charge on any atom is 0.0480 e. The Morgan fingerprint density at radius 2 is 2.09 bits per heavy atom. The molecule has 3 aliphatic rings. The van der Waals surface area contributed by atoms with Gasteiger partial charge in [0.15, 0.2) is 0 Å². The molecule has 2 saturated heterocycles. The predicted molar refractivity (Wildman–Crippen MR) is 88.2 cm³/mol. The van der Waals surface area contributed by atoms with Crippen LogP contribution in [-0.2, 0) is 11.2 Å². The molecule has 2 aliphatic heterocycles. The zero-order valence-corrected chi connectivity index (χ0v) is 13.8.